The van der Waals surface area contributed by atoms with Gasteiger partial charge in [-0.2, -0.15) is 0 Å². The van der Waals surface area contributed by atoms with Crippen LogP contribution in [0, 0.1) is 10.1 Å². The maximum atomic E-state index is 12.1. The Morgan fingerprint density at radius 2 is 1.96 bits per heavy atom. The molecule has 0 aromatic heterocycles. The van der Waals surface area contributed by atoms with E-state index in [2.05, 4.69) is 5.32 Å². The summed E-state index contributed by atoms with van der Waals surface area (Å²) in [6, 6.07) is 2.26. The Kier molecular flexibility index (Phi) is 5.56. The van der Waals surface area contributed by atoms with Crippen molar-refractivity contribution in [3.63, 3.8) is 0 Å². The average molecular weight is 338 g/mol. The van der Waals surface area contributed by atoms with Crippen LogP contribution in [0.25, 0.3) is 0 Å². The van der Waals surface area contributed by atoms with Crippen molar-refractivity contribution in [2.45, 2.75) is 26.3 Å². The van der Waals surface area contributed by atoms with E-state index in [4.69, 9.17) is 14.2 Å². The molecule has 0 saturated carbocycles. The summed E-state index contributed by atoms with van der Waals surface area (Å²) in [4.78, 5) is 34.2. The summed E-state index contributed by atoms with van der Waals surface area (Å²) < 4.78 is 15.4. The van der Waals surface area contributed by atoms with Crippen LogP contribution in [0.4, 0.5) is 5.69 Å². The van der Waals surface area contributed by atoms with E-state index in [-0.39, 0.29) is 36.3 Å². The Bertz CT molecular complexity index is 659. The van der Waals surface area contributed by atoms with Crippen molar-refractivity contribution in [3.8, 4) is 11.5 Å². The molecular weight excluding hydrogens is 320 g/mol. The Morgan fingerprint density at radius 1 is 1.33 bits per heavy atom. The van der Waals surface area contributed by atoms with Gasteiger partial charge in [-0.3, -0.25) is 14.9 Å². The molecule has 1 aromatic carbocycles. The fourth-order valence-corrected chi connectivity index (χ4v) is 2.02. The fourth-order valence-electron chi connectivity index (χ4n) is 2.02. The average Bonchev–Trinajstić information content (AvgIpc) is 2.58. The zero-order chi connectivity index (χ0) is 17.7. The highest BCUT2D eigenvalue weighted by Gasteiger charge is 2.27. The van der Waals surface area contributed by atoms with Crippen LogP contribution in [-0.2, 0) is 9.53 Å². The van der Waals surface area contributed by atoms with Crippen molar-refractivity contribution in [2.75, 3.05) is 19.8 Å². The van der Waals surface area contributed by atoms with Crippen LogP contribution >= 0.6 is 0 Å². The standard InChI is InChI=1S/C15H18N2O7/c1-3-9(2)16-14(18)8-24-15(19)10-6-12-13(23-5-4-22-12)7-11(10)17(20)21/h6-7,9H,3-5,8H2,1-2H3,(H,16,18)/t9-/m0/s1. The molecule has 0 aliphatic carbocycles. The van der Waals surface area contributed by atoms with E-state index in [0.29, 0.717) is 0 Å². The number of hydrogen-bond donors (Lipinski definition) is 1. The predicted octanol–water partition coefficient (Wildman–Crippen LogP) is 1.44. The van der Waals surface area contributed by atoms with E-state index >= 15 is 0 Å². The van der Waals surface area contributed by atoms with Crippen molar-refractivity contribution in [2.24, 2.45) is 0 Å². The maximum absolute atomic E-state index is 12.1. The minimum atomic E-state index is -0.974. The van der Waals surface area contributed by atoms with Gasteiger partial charge in [0.25, 0.3) is 11.6 Å². The first kappa shape index (κ1) is 17.5. The molecule has 0 fully saturated rings. The Balaban J connectivity index is 2.13. The highest BCUT2D eigenvalue weighted by atomic mass is 16.6. The van der Waals surface area contributed by atoms with Gasteiger partial charge in [-0.15, -0.1) is 0 Å². The number of carbonyl (C=O) groups excluding carboxylic acids is 2. The number of esters is 1. The molecule has 0 radical (unpaired) electrons. The molecule has 9 heteroatoms. The van der Waals surface area contributed by atoms with Gasteiger partial charge in [-0.25, -0.2) is 4.79 Å². The number of carbonyl (C=O) groups is 2. The molecule has 1 aliphatic heterocycles. The number of nitrogens with one attached hydrogen (secondary N) is 1. The number of hydrogen-bond acceptors (Lipinski definition) is 7. The van der Waals surface area contributed by atoms with Gasteiger partial charge in [0.2, 0.25) is 0 Å². The van der Waals surface area contributed by atoms with Crippen LogP contribution in [-0.4, -0.2) is 42.7 Å². The minimum absolute atomic E-state index is 0.0557. The smallest absolute Gasteiger partial charge is 0.345 e. The monoisotopic (exact) mass is 338 g/mol. The number of nitrogens with zero attached hydrogens (tertiary/aromatic N) is 1. The zero-order valence-corrected chi connectivity index (χ0v) is 13.4. The van der Waals surface area contributed by atoms with E-state index in [1.165, 1.54) is 6.07 Å². The molecule has 1 amide bonds. The molecule has 9 nitrogen and oxygen atoms in total. The van der Waals surface area contributed by atoms with E-state index in [1.54, 1.807) is 0 Å². The fraction of sp³-hybridized carbons (Fsp3) is 0.467. The molecule has 1 atom stereocenters. The van der Waals surface area contributed by atoms with Crippen LogP contribution in [0.2, 0.25) is 0 Å². The van der Waals surface area contributed by atoms with Gasteiger partial charge < -0.3 is 19.5 Å². The van der Waals surface area contributed by atoms with Gasteiger partial charge >= 0.3 is 5.97 Å². The second-order valence-corrected chi connectivity index (χ2v) is 5.22. The molecule has 0 spiro atoms. The molecule has 0 bridgehead atoms. The van der Waals surface area contributed by atoms with Crippen LogP contribution in [0.1, 0.15) is 30.6 Å². The van der Waals surface area contributed by atoms with E-state index in [9.17, 15) is 19.7 Å². The molecule has 1 N–H and O–H groups in total. The molecule has 130 valence electrons. The Morgan fingerprint density at radius 3 is 2.54 bits per heavy atom. The molecule has 1 aromatic rings. The first-order valence-electron chi connectivity index (χ1n) is 7.47. The Hall–Kier alpha value is -2.84. The quantitative estimate of drug-likeness (QED) is 0.474. The van der Waals surface area contributed by atoms with Gasteiger partial charge in [-0.05, 0) is 13.3 Å². The molecular formula is C15H18N2O7. The first-order valence-corrected chi connectivity index (χ1v) is 7.47. The van der Waals surface area contributed by atoms with Crippen LogP contribution < -0.4 is 14.8 Å². The van der Waals surface area contributed by atoms with Crippen molar-refractivity contribution in [3.05, 3.63) is 27.8 Å². The van der Waals surface area contributed by atoms with Crippen LogP contribution in [0.5, 0.6) is 11.5 Å². The van der Waals surface area contributed by atoms with Gasteiger partial charge in [0.15, 0.2) is 18.1 Å². The first-order chi connectivity index (χ1) is 11.4. The normalized spacial score (nSPS) is 13.8. The second-order valence-electron chi connectivity index (χ2n) is 5.22. The molecule has 0 saturated heterocycles. The third-order valence-electron chi connectivity index (χ3n) is 3.43. The van der Waals surface area contributed by atoms with Gasteiger partial charge in [-0.1, -0.05) is 6.92 Å². The van der Waals surface area contributed by atoms with E-state index in [1.807, 2.05) is 13.8 Å². The van der Waals surface area contributed by atoms with Crippen LogP contribution in [0.15, 0.2) is 12.1 Å². The summed E-state index contributed by atoms with van der Waals surface area (Å²) in [6.07, 6.45) is 0.729. The maximum Gasteiger partial charge on any atom is 0.345 e. The zero-order valence-electron chi connectivity index (χ0n) is 13.4. The lowest BCUT2D eigenvalue weighted by Gasteiger charge is -2.18. The van der Waals surface area contributed by atoms with E-state index < -0.39 is 29.1 Å². The molecule has 24 heavy (non-hydrogen) atoms. The SMILES string of the molecule is CC[C@H](C)NC(=O)COC(=O)c1cc2c(cc1[N+](=O)[O-])OCCO2. The summed E-state index contributed by atoms with van der Waals surface area (Å²) in [5.41, 5.74) is -0.757. The predicted molar refractivity (Wildman–Crippen MR) is 82.3 cm³/mol. The van der Waals surface area contributed by atoms with Gasteiger partial charge in [0, 0.05) is 12.1 Å². The molecule has 0 unspecified atom stereocenters. The molecule has 2 rings (SSSR count). The molecule has 1 heterocycles. The number of fused-ring (bicyclic) bond motifs is 1. The number of ether oxygens (including phenoxy) is 3. The largest absolute Gasteiger partial charge is 0.486 e. The van der Waals surface area contributed by atoms with E-state index in [0.717, 1.165) is 12.5 Å². The summed E-state index contributed by atoms with van der Waals surface area (Å²) in [5.74, 6) is -1.03. The third kappa shape index (κ3) is 4.12. The summed E-state index contributed by atoms with van der Waals surface area (Å²) in [6.45, 7) is 3.73. The lowest BCUT2D eigenvalue weighted by atomic mass is 10.1. The second kappa shape index (κ2) is 7.62. The van der Waals surface area contributed by atoms with Crippen molar-refractivity contribution >= 4 is 17.6 Å². The van der Waals surface area contributed by atoms with Crippen molar-refractivity contribution in [1.82, 2.24) is 5.32 Å². The Labute approximate surface area is 138 Å². The summed E-state index contributed by atoms with van der Waals surface area (Å²) >= 11 is 0. The number of nitro groups is 1. The minimum Gasteiger partial charge on any atom is -0.486 e. The number of nitro benzene ring substituents is 1. The summed E-state index contributed by atoms with van der Waals surface area (Å²) in [5, 5.41) is 13.8. The highest BCUT2D eigenvalue weighted by molar-refractivity contribution is 5.96. The van der Waals surface area contributed by atoms with Crippen LogP contribution in [0.3, 0.4) is 0 Å². The number of benzene rings is 1. The third-order valence-corrected chi connectivity index (χ3v) is 3.43. The lowest BCUT2D eigenvalue weighted by Crippen LogP contribution is -2.35. The number of amides is 1. The van der Waals surface area contributed by atoms with Crippen molar-refractivity contribution < 1.29 is 28.7 Å². The highest BCUT2D eigenvalue weighted by Crippen LogP contribution is 2.36. The number of rotatable bonds is 6. The van der Waals surface area contributed by atoms with Gasteiger partial charge in [0.1, 0.15) is 18.8 Å². The van der Waals surface area contributed by atoms with Gasteiger partial charge in [0.05, 0.1) is 11.0 Å². The lowest BCUT2D eigenvalue weighted by molar-refractivity contribution is -0.385. The van der Waals surface area contributed by atoms with Crippen molar-refractivity contribution in [1.29, 1.82) is 0 Å². The summed E-state index contributed by atoms with van der Waals surface area (Å²) in [7, 11) is 0. The topological polar surface area (TPSA) is 117 Å². The molecule has 1 aliphatic rings.